The van der Waals surface area contributed by atoms with Crippen molar-refractivity contribution in [3.63, 3.8) is 0 Å². The Balaban J connectivity index is 2.53. The Morgan fingerprint density at radius 2 is 1.95 bits per heavy atom. The van der Waals surface area contributed by atoms with Gasteiger partial charge in [-0.25, -0.2) is 0 Å². The van der Waals surface area contributed by atoms with Gasteiger partial charge in [-0.3, -0.25) is 4.79 Å². The number of nitriles is 1. The number of rotatable bonds is 5. The average Bonchev–Trinajstić information content (AvgIpc) is 2.53. The van der Waals surface area contributed by atoms with Crippen LogP contribution in [0.25, 0.3) is 11.1 Å². The smallest absolute Gasteiger partial charge is 0.269 e. The van der Waals surface area contributed by atoms with Gasteiger partial charge in [-0.05, 0) is 24.5 Å². The van der Waals surface area contributed by atoms with Crippen LogP contribution in [0.3, 0.4) is 0 Å². The van der Waals surface area contributed by atoms with E-state index >= 15 is 0 Å². The first-order valence-corrected chi connectivity index (χ1v) is 7.35. The minimum absolute atomic E-state index is 0.163. The van der Waals surface area contributed by atoms with Crippen LogP contribution in [-0.4, -0.2) is 11.7 Å². The zero-order chi connectivity index (χ0) is 16.1. The highest BCUT2D eigenvalue weighted by atomic mass is 16.5. The topological polar surface area (TPSA) is 55.0 Å². The Bertz CT molecular complexity index is 754. The lowest BCUT2D eigenvalue weighted by molar-refractivity contribution is 0.416. The number of methoxy groups -OCH3 is 1. The molecule has 0 amide bonds. The standard InChI is InChI=1S/C18H20N2O2/c1-13(2)8-10-20-11-9-14(16(12-19)18(20)21)15-6-4-5-7-17(15)22-3/h4-7,9,11,13H,8,10H2,1-3H3. The number of nitrogens with zero attached hydrogens (tertiary/aromatic N) is 2. The Hall–Kier alpha value is -2.54. The Kier molecular flexibility index (Phi) is 5.00. The molecule has 2 aromatic rings. The summed E-state index contributed by atoms with van der Waals surface area (Å²) in [5.41, 5.74) is 1.29. The van der Waals surface area contributed by atoms with Crippen LogP contribution in [0.15, 0.2) is 41.3 Å². The molecule has 4 heteroatoms. The zero-order valence-corrected chi connectivity index (χ0v) is 13.2. The second-order valence-corrected chi connectivity index (χ2v) is 5.60. The fraction of sp³-hybridized carbons (Fsp3) is 0.333. The molecule has 0 bridgehead atoms. The predicted octanol–water partition coefficient (Wildman–Crippen LogP) is 3.44. The maximum Gasteiger partial charge on any atom is 0.269 e. The number of benzene rings is 1. The van der Waals surface area contributed by atoms with Gasteiger partial charge in [-0.2, -0.15) is 5.26 Å². The third-order valence-corrected chi connectivity index (χ3v) is 3.62. The molecule has 0 saturated carbocycles. The maximum atomic E-state index is 12.5. The molecular weight excluding hydrogens is 276 g/mol. The molecule has 0 aliphatic rings. The number of para-hydroxylation sites is 1. The average molecular weight is 296 g/mol. The third kappa shape index (κ3) is 3.20. The quantitative estimate of drug-likeness (QED) is 0.849. The number of aryl methyl sites for hydroxylation is 1. The second-order valence-electron chi connectivity index (χ2n) is 5.60. The van der Waals surface area contributed by atoms with E-state index in [0.717, 1.165) is 12.0 Å². The summed E-state index contributed by atoms with van der Waals surface area (Å²) in [7, 11) is 1.58. The molecule has 4 nitrogen and oxygen atoms in total. The first-order chi connectivity index (χ1) is 10.6. The van der Waals surface area contributed by atoms with Gasteiger partial charge >= 0.3 is 0 Å². The van der Waals surface area contributed by atoms with E-state index in [1.165, 1.54) is 0 Å². The molecule has 0 radical (unpaired) electrons. The van der Waals surface area contributed by atoms with Crippen molar-refractivity contribution in [2.45, 2.75) is 26.8 Å². The van der Waals surface area contributed by atoms with Crippen molar-refractivity contribution in [2.75, 3.05) is 7.11 Å². The molecule has 0 spiro atoms. The van der Waals surface area contributed by atoms with E-state index in [4.69, 9.17) is 4.74 Å². The summed E-state index contributed by atoms with van der Waals surface area (Å²) in [6.07, 6.45) is 2.66. The summed E-state index contributed by atoms with van der Waals surface area (Å²) in [6, 6.07) is 11.3. The molecular formula is C18H20N2O2. The highest BCUT2D eigenvalue weighted by molar-refractivity contribution is 5.75. The van der Waals surface area contributed by atoms with Gasteiger partial charge in [0.15, 0.2) is 0 Å². The van der Waals surface area contributed by atoms with E-state index in [1.807, 2.05) is 30.3 Å². The number of pyridine rings is 1. The van der Waals surface area contributed by atoms with Gasteiger partial charge < -0.3 is 9.30 Å². The first-order valence-electron chi connectivity index (χ1n) is 7.35. The molecule has 0 aliphatic carbocycles. The van der Waals surface area contributed by atoms with Crippen LogP contribution in [0, 0.1) is 17.2 Å². The van der Waals surface area contributed by atoms with E-state index in [2.05, 4.69) is 19.9 Å². The first kappa shape index (κ1) is 15.8. The second kappa shape index (κ2) is 6.95. The highest BCUT2D eigenvalue weighted by Gasteiger charge is 2.14. The van der Waals surface area contributed by atoms with Crippen molar-refractivity contribution in [3.05, 3.63) is 52.4 Å². The lowest BCUT2D eigenvalue weighted by Gasteiger charge is -2.12. The van der Waals surface area contributed by atoms with Gasteiger partial charge in [0.1, 0.15) is 17.4 Å². The van der Waals surface area contributed by atoms with Crippen molar-refractivity contribution < 1.29 is 4.74 Å². The fourth-order valence-corrected chi connectivity index (χ4v) is 2.35. The van der Waals surface area contributed by atoms with E-state index in [1.54, 1.807) is 17.9 Å². The third-order valence-electron chi connectivity index (χ3n) is 3.62. The predicted molar refractivity (Wildman–Crippen MR) is 86.9 cm³/mol. The summed E-state index contributed by atoms with van der Waals surface area (Å²) >= 11 is 0. The molecule has 0 fully saturated rings. The van der Waals surface area contributed by atoms with Gasteiger partial charge in [-0.1, -0.05) is 32.0 Å². The molecule has 1 heterocycles. The van der Waals surface area contributed by atoms with Crippen molar-refractivity contribution in [3.8, 4) is 22.9 Å². The van der Waals surface area contributed by atoms with Crippen LogP contribution < -0.4 is 10.3 Å². The minimum atomic E-state index is -0.244. The highest BCUT2D eigenvalue weighted by Crippen LogP contribution is 2.30. The molecule has 22 heavy (non-hydrogen) atoms. The SMILES string of the molecule is COc1ccccc1-c1ccn(CCC(C)C)c(=O)c1C#N. The Labute approximate surface area is 130 Å². The van der Waals surface area contributed by atoms with E-state index in [0.29, 0.717) is 23.8 Å². The molecule has 1 aromatic carbocycles. The normalized spacial score (nSPS) is 10.5. The number of aromatic nitrogens is 1. The van der Waals surface area contributed by atoms with Crippen LogP contribution in [0.5, 0.6) is 5.75 Å². The van der Waals surface area contributed by atoms with Gasteiger partial charge in [0.2, 0.25) is 0 Å². The summed E-state index contributed by atoms with van der Waals surface area (Å²) in [6.45, 7) is 4.84. The fourth-order valence-electron chi connectivity index (χ4n) is 2.35. The minimum Gasteiger partial charge on any atom is -0.496 e. The van der Waals surface area contributed by atoms with Crippen molar-refractivity contribution in [1.29, 1.82) is 5.26 Å². The van der Waals surface area contributed by atoms with Gasteiger partial charge in [0.05, 0.1) is 7.11 Å². The molecule has 114 valence electrons. The lowest BCUT2D eigenvalue weighted by Crippen LogP contribution is -2.23. The summed E-state index contributed by atoms with van der Waals surface area (Å²) in [4.78, 5) is 12.5. The van der Waals surface area contributed by atoms with E-state index in [-0.39, 0.29) is 11.1 Å². The zero-order valence-electron chi connectivity index (χ0n) is 13.2. The molecule has 0 N–H and O–H groups in total. The Morgan fingerprint density at radius 3 is 2.59 bits per heavy atom. The lowest BCUT2D eigenvalue weighted by atomic mass is 10.0. The maximum absolute atomic E-state index is 12.5. The van der Waals surface area contributed by atoms with Crippen molar-refractivity contribution in [1.82, 2.24) is 4.57 Å². The largest absolute Gasteiger partial charge is 0.496 e. The molecule has 1 aromatic heterocycles. The molecule has 2 rings (SSSR count). The van der Waals surface area contributed by atoms with Gasteiger partial charge in [0.25, 0.3) is 5.56 Å². The molecule has 0 unspecified atom stereocenters. The van der Waals surface area contributed by atoms with Crippen LogP contribution in [0.2, 0.25) is 0 Å². The number of hydrogen-bond donors (Lipinski definition) is 0. The summed E-state index contributed by atoms with van der Waals surface area (Å²) in [5.74, 6) is 1.16. The monoisotopic (exact) mass is 296 g/mol. The Morgan fingerprint density at radius 1 is 1.23 bits per heavy atom. The van der Waals surface area contributed by atoms with Crippen LogP contribution in [-0.2, 0) is 6.54 Å². The van der Waals surface area contributed by atoms with Crippen molar-refractivity contribution >= 4 is 0 Å². The van der Waals surface area contributed by atoms with Crippen LogP contribution >= 0.6 is 0 Å². The van der Waals surface area contributed by atoms with Crippen LogP contribution in [0.1, 0.15) is 25.8 Å². The molecule has 0 saturated heterocycles. The summed E-state index contributed by atoms with van der Waals surface area (Å²) in [5, 5.41) is 9.42. The number of ether oxygens (including phenoxy) is 1. The van der Waals surface area contributed by atoms with Crippen molar-refractivity contribution in [2.24, 2.45) is 5.92 Å². The number of hydrogen-bond acceptors (Lipinski definition) is 3. The summed E-state index contributed by atoms with van der Waals surface area (Å²) < 4.78 is 6.94. The van der Waals surface area contributed by atoms with Crippen LogP contribution in [0.4, 0.5) is 0 Å². The van der Waals surface area contributed by atoms with E-state index < -0.39 is 0 Å². The molecule has 0 aliphatic heterocycles. The van der Waals surface area contributed by atoms with Gasteiger partial charge in [-0.15, -0.1) is 0 Å². The van der Waals surface area contributed by atoms with Gasteiger partial charge in [0, 0.05) is 23.9 Å². The molecule has 0 atom stereocenters. The van der Waals surface area contributed by atoms with E-state index in [9.17, 15) is 10.1 Å².